The molecule has 0 radical (unpaired) electrons. The molecule has 1 amide bonds. The van der Waals surface area contributed by atoms with E-state index in [1.807, 2.05) is 32.0 Å². The molecule has 1 aromatic carbocycles. The number of anilines is 2. The highest BCUT2D eigenvalue weighted by Gasteiger charge is 2.20. The second kappa shape index (κ2) is 11.0. The summed E-state index contributed by atoms with van der Waals surface area (Å²) < 4.78 is 4.12. The normalized spacial score (nSPS) is 11.4. The Morgan fingerprint density at radius 3 is 2.60 bits per heavy atom. The van der Waals surface area contributed by atoms with Gasteiger partial charge in [0.25, 0.3) is 5.56 Å². The number of aryl methyl sites for hydroxylation is 3. The Bertz CT molecular complexity index is 1850. The molecule has 0 saturated heterocycles. The minimum absolute atomic E-state index is 0.0435. The van der Waals surface area contributed by atoms with Crippen molar-refractivity contribution < 1.29 is 4.79 Å². The van der Waals surface area contributed by atoms with Crippen LogP contribution >= 0.6 is 11.6 Å². The number of hydrogen-bond donors (Lipinski definition) is 2. The molecular formula is C27H30ClN9O3. The maximum absolute atomic E-state index is 13.5. The number of fused-ring (bicyclic) bond motifs is 2. The first kappa shape index (κ1) is 27.1. The summed E-state index contributed by atoms with van der Waals surface area (Å²) in [5.41, 5.74) is 1.04. The molecule has 0 unspecified atom stereocenters. The lowest BCUT2D eigenvalue weighted by atomic mass is 10.2. The lowest BCUT2D eigenvalue weighted by molar-refractivity contribution is -0.130. The van der Waals surface area contributed by atoms with Gasteiger partial charge in [-0.15, -0.1) is 0 Å². The highest BCUT2D eigenvalue weighted by molar-refractivity contribution is 6.35. The zero-order chi connectivity index (χ0) is 28.6. The van der Waals surface area contributed by atoms with Crippen LogP contribution in [0, 0.1) is 0 Å². The van der Waals surface area contributed by atoms with Crippen molar-refractivity contribution in [3.8, 4) is 0 Å². The summed E-state index contributed by atoms with van der Waals surface area (Å²) in [7, 11) is 3.27. The van der Waals surface area contributed by atoms with Crippen LogP contribution in [-0.4, -0.2) is 57.5 Å². The SMILES string of the molecule is CCN(CC)C(=O)CCc1nccc(Nc2nc3c(c(=O)n(Cc4cc5c(Cl)cccc5[nH]4)c(=O)n3C)n2C)n1. The molecule has 0 aliphatic rings. The molecule has 0 bridgehead atoms. The summed E-state index contributed by atoms with van der Waals surface area (Å²) in [4.78, 5) is 57.4. The van der Waals surface area contributed by atoms with Crippen molar-refractivity contribution in [3.05, 3.63) is 73.9 Å². The van der Waals surface area contributed by atoms with Gasteiger partial charge >= 0.3 is 5.69 Å². The highest BCUT2D eigenvalue weighted by atomic mass is 35.5. The van der Waals surface area contributed by atoms with Crippen molar-refractivity contribution in [1.29, 1.82) is 0 Å². The van der Waals surface area contributed by atoms with Crippen LogP contribution in [0.25, 0.3) is 22.1 Å². The monoisotopic (exact) mass is 563 g/mol. The minimum atomic E-state index is -0.492. The maximum atomic E-state index is 13.5. The van der Waals surface area contributed by atoms with Crippen LogP contribution in [-0.2, 0) is 31.9 Å². The number of nitrogens with zero attached hydrogens (tertiary/aromatic N) is 7. The molecule has 0 fully saturated rings. The van der Waals surface area contributed by atoms with Gasteiger partial charge in [-0.25, -0.2) is 14.8 Å². The molecule has 40 heavy (non-hydrogen) atoms. The third-order valence-corrected chi connectivity index (χ3v) is 7.31. The quantitative estimate of drug-likeness (QED) is 0.281. The number of nitrogens with one attached hydrogen (secondary N) is 2. The summed E-state index contributed by atoms with van der Waals surface area (Å²) in [5, 5.41) is 4.53. The molecule has 2 N–H and O–H groups in total. The average molecular weight is 564 g/mol. The number of hydrogen-bond acceptors (Lipinski definition) is 7. The van der Waals surface area contributed by atoms with E-state index in [0.717, 1.165) is 10.9 Å². The predicted octanol–water partition coefficient (Wildman–Crippen LogP) is 2.95. The number of H-pyrrole nitrogens is 1. The fraction of sp³-hybridized carbons (Fsp3) is 0.333. The predicted molar refractivity (Wildman–Crippen MR) is 154 cm³/mol. The van der Waals surface area contributed by atoms with Gasteiger partial charge in [0.05, 0.1) is 6.54 Å². The van der Waals surface area contributed by atoms with Crippen molar-refractivity contribution in [2.24, 2.45) is 14.1 Å². The number of rotatable bonds is 9. The molecule has 0 aliphatic carbocycles. The average Bonchev–Trinajstić information content (AvgIpc) is 3.51. The van der Waals surface area contributed by atoms with E-state index in [0.29, 0.717) is 54.2 Å². The van der Waals surface area contributed by atoms with Crippen molar-refractivity contribution in [3.63, 3.8) is 0 Å². The summed E-state index contributed by atoms with van der Waals surface area (Å²) in [6.07, 6.45) is 2.30. The van der Waals surface area contributed by atoms with E-state index < -0.39 is 11.2 Å². The van der Waals surface area contributed by atoms with Crippen molar-refractivity contribution >= 4 is 51.3 Å². The van der Waals surface area contributed by atoms with Crippen molar-refractivity contribution in [1.82, 2.24) is 38.5 Å². The first-order chi connectivity index (χ1) is 19.2. The zero-order valence-corrected chi connectivity index (χ0v) is 23.5. The van der Waals surface area contributed by atoms with Gasteiger partial charge in [-0.3, -0.25) is 18.7 Å². The Kier molecular flexibility index (Phi) is 7.44. The smallest absolute Gasteiger partial charge is 0.332 e. The van der Waals surface area contributed by atoms with E-state index >= 15 is 0 Å². The van der Waals surface area contributed by atoms with E-state index in [2.05, 4.69) is 25.3 Å². The van der Waals surface area contributed by atoms with Gasteiger partial charge in [-0.2, -0.15) is 4.98 Å². The number of amides is 1. The number of carbonyl (C=O) groups is 1. The minimum Gasteiger partial charge on any atom is -0.357 e. The van der Waals surface area contributed by atoms with Crippen LogP contribution in [0.5, 0.6) is 0 Å². The molecular weight excluding hydrogens is 534 g/mol. The van der Waals surface area contributed by atoms with Crippen molar-refractivity contribution in [2.75, 3.05) is 18.4 Å². The second-order valence-electron chi connectivity index (χ2n) is 9.44. The summed E-state index contributed by atoms with van der Waals surface area (Å²) >= 11 is 6.30. The van der Waals surface area contributed by atoms with Gasteiger partial charge in [0.2, 0.25) is 11.9 Å². The number of halogens is 1. The van der Waals surface area contributed by atoms with Gasteiger partial charge in [-0.05, 0) is 38.1 Å². The third kappa shape index (κ3) is 4.97. The van der Waals surface area contributed by atoms with Gasteiger partial charge in [0, 0.05) is 67.8 Å². The number of imidazole rings is 1. The lowest BCUT2D eigenvalue weighted by Gasteiger charge is -2.18. The Morgan fingerprint density at radius 2 is 1.88 bits per heavy atom. The van der Waals surface area contributed by atoms with E-state index in [9.17, 15) is 14.4 Å². The first-order valence-corrected chi connectivity index (χ1v) is 13.4. The summed E-state index contributed by atoms with van der Waals surface area (Å²) in [5.74, 6) is 1.35. The largest absolute Gasteiger partial charge is 0.357 e. The number of aromatic amines is 1. The molecule has 0 spiro atoms. The van der Waals surface area contributed by atoms with Crippen LogP contribution in [0.4, 0.5) is 11.8 Å². The van der Waals surface area contributed by atoms with Crippen LogP contribution in [0.3, 0.4) is 0 Å². The van der Waals surface area contributed by atoms with Crippen LogP contribution < -0.4 is 16.6 Å². The fourth-order valence-electron chi connectivity index (χ4n) is 4.78. The van der Waals surface area contributed by atoms with E-state index in [1.54, 1.807) is 41.9 Å². The van der Waals surface area contributed by atoms with Gasteiger partial charge in [-0.1, -0.05) is 17.7 Å². The third-order valence-electron chi connectivity index (χ3n) is 6.98. The Hall–Kier alpha value is -4.45. The van der Waals surface area contributed by atoms with E-state index in [4.69, 9.17) is 11.6 Å². The summed E-state index contributed by atoms with van der Waals surface area (Å²) in [6.45, 7) is 5.25. The highest BCUT2D eigenvalue weighted by Crippen LogP contribution is 2.24. The fourth-order valence-corrected chi connectivity index (χ4v) is 5.01. The van der Waals surface area contributed by atoms with Gasteiger partial charge < -0.3 is 19.8 Å². The van der Waals surface area contributed by atoms with Crippen LogP contribution in [0.1, 0.15) is 31.8 Å². The zero-order valence-electron chi connectivity index (χ0n) is 22.7. The molecule has 208 valence electrons. The van der Waals surface area contributed by atoms with Crippen LogP contribution in [0.2, 0.25) is 5.02 Å². The molecule has 0 atom stereocenters. The lowest BCUT2D eigenvalue weighted by Crippen LogP contribution is -2.39. The van der Waals surface area contributed by atoms with Crippen LogP contribution in [0.15, 0.2) is 46.1 Å². The Morgan fingerprint density at radius 1 is 1.10 bits per heavy atom. The topological polar surface area (TPSA) is 136 Å². The Labute approximate surface area is 234 Å². The molecule has 5 aromatic rings. The standard InChI is InChI=1S/C27H30ClN9O3/c1-5-36(6-2)22(38)11-10-20-29-13-12-21(31-20)32-26-33-24-23(34(26)3)25(39)37(27(40)35(24)4)15-16-14-17-18(28)8-7-9-19(17)30-16/h7-9,12-14,30H,5-6,10-11,15H2,1-4H3,(H,29,31,32,33). The second-order valence-corrected chi connectivity index (χ2v) is 9.85. The molecule has 0 aliphatic heterocycles. The number of aromatic nitrogens is 7. The summed E-state index contributed by atoms with van der Waals surface area (Å²) in [6, 6.07) is 9.02. The molecule has 13 heteroatoms. The van der Waals surface area contributed by atoms with Crippen molar-refractivity contribution in [2.45, 2.75) is 33.2 Å². The number of carbonyl (C=O) groups excluding carboxylic acids is 1. The first-order valence-electron chi connectivity index (χ1n) is 13.0. The maximum Gasteiger partial charge on any atom is 0.332 e. The molecule has 12 nitrogen and oxygen atoms in total. The molecule has 0 saturated carbocycles. The van der Waals surface area contributed by atoms with E-state index in [1.165, 1.54) is 9.13 Å². The van der Waals surface area contributed by atoms with E-state index in [-0.39, 0.29) is 23.6 Å². The number of benzene rings is 1. The van der Waals surface area contributed by atoms with Gasteiger partial charge in [0.15, 0.2) is 11.2 Å². The molecule has 4 heterocycles. The molecule has 5 rings (SSSR count). The molecule has 4 aromatic heterocycles. The Balaban J connectivity index is 1.44. The van der Waals surface area contributed by atoms with Gasteiger partial charge in [0.1, 0.15) is 11.6 Å².